The third-order valence-electron chi connectivity index (χ3n) is 3.46. The normalized spacial score (nSPS) is 11.1. The van der Waals surface area contributed by atoms with Crippen LogP contribution >= 0.6 is 11.3 Å². The van der Waals surface area contributed by atoms with Crippen LogP contribution in [0.25, 0.3) is 21.3 Å². The van der Waals surface area contributed by atoms with Gasteiger partial charge < -0.3 is 0 Å². The molecule has 0 radical (unpaired) electrons. The molecule has 3 aromatic rings. The van der Waals surface area contributed by atoms with Gasteiger partial charge in [-0.2, -0.15) is 0 Å². The van der Waals surface area contributed by atoms with Crippen LogP contribution in [0, 0.1) is 5.82 Å². The van der Waals surface area contributed by atoms with E-state index in [-0.39, 0.29) is 11.4 Å². The van der Waals surface area contributed by atoms with Gasteiger partial charge in [-0.05, 0) is 12.5 Å². The van der Waals surface area contributed by atoms with Gasteiger partial charge in [0.2, 0.25) is 0 Å². The third kappa shape index (κ3) is 2.49. The number of unbranched alkanes of at least 4 members (excludes halogenated alkanes) is 1. The zero-order chi connectivity index (χ0) is 14.8. The monoisotopic (exact) mass is 302 g/mol. The molecule has 2 aromatic heterocycles. The summed E-state index contributed by atoms with van der Waals surface area (Å²) < 4.78 is 16.1. The fourth-order valence-corrected chi connectivity index (χ4v) is 3.27. The molecule has 2 heterocycles. The smallest absolute Gasteiger partial charge is 0.271 e. The van der Waals surface area contributed by atoms with Gasteiger partial charge in [0.25, 0.3) is 5.56 Å². The molecule has 21 heavy (non-hydrogen) atoms. The number of halogens is 1. The Bertz CT molecular complexity index is 838. The number of hydrogen-bond acceptors (Lipinski definition) is 3. The molecule has 108 valence electrons. The van der Waals surface area contributed by atoms with Crippen LogP contribution < -0.4 is 5.56 Å². The second-order valence-corrected chi connectivity index (χ2v) is 5.78. The molecule has 0 spiro atoms. The van der Waals surface area contributed by atoms with Crippen molar-refractivity contribution in [3.8, 4) is 11.1 Å². The average Bonchev–Trinajstić information content (AvgIpc) is 2.92. The minimum atomic E-state index is -0.297. The van der Waals surface area contributed by atoms with E-state index in [1.807, 2.05) is 5.38 Å². The van der Waals surface area contributed by atoms with Crippen LogP contribution in [0.3, 0.4) is 0 Å². The molecule has 0 aliphatic heterocycles. The van der Waals surface area contributed by atoms with E-state index in [0.29, 0.717) is 27.9 Å². The van der Waals surface area contributed by atoms with Crippen molar-refractivity contribution in [3.63, 3.8) is 0 Å². The number of rotatable bonds is 4. The fourth-order valence-electron chi connectivity index (χ4n) is 2.30. The van der Waals surface area contributed by atoms with E-state index in [1.54, 1.807) is 29.1 Å². The molecule has 0 fully saturated rings. The lowest BCUT2D eigenvalue weighted by atomic mass is 10.1. The first-order valence-electron chi connectivity index (χ1n) is 6.94. The zero-order valence-electron chi connectivity index (χ0n) is 11.7. The average molecular weight is 302 g/mol. The Morgan fingerprint density at radius 3 is 2.86 bits per heavy atom. The van der Waals surface area contributed by atoms with Gasteiger partial charge in [0.05, 0.1) is 11.8 Å². The summed E-state index contributed by atoms with van der Waals surface area (Å²) in [5.74, 6) is -0.297. The number of aryl methyl sites for hydroxylation is 1. The Morgan fingerprint density at radius 1 is 1.29 bits per heavy atom. The summed E-state index contributed by atoms with van der Waals surface area (Å²) in [6.07, 6.45) is 3.53. The topological polar surface area (TPSA) is 34.9 Å². The number of nitrogens with zero attached hydrogens (tertiary/aromatic N) is 2. The summed E-state index contributed by atoms with van der Waals surface area (Å²) in [5, 5.41) is 1.81. The van der Waals surface area contributed by atoms with Gasteiger partial charge in [-0.15, -0.1) is 11.3 Å². The molecule has 0 aliphatic carbocycles. The minimum Gasteiger partial charge on any atom is -0.298 e. The Morgan fingerprint density at radius 2 is 2.10 bits per heavy atom. The van der Waals surface area contributed by atoms with Crippen LogP contribution in [0.1, 0.15) is 19.8 Å². The lowest BCUT2D eigenvalue weighted by Crippen LogP contribution is -2.19. The van der Waals surface area contributed by atoms with Crippen molar-refractivity contribution in [2.45, 2.75) is 26.3 Å². The largest absolute Gasteiger partial charge is 0.298 e. The molecule has 0 aliphatic rings. The minimum absolute atomic E-state index is 0.0407. The van der Waals surface area contributed by atoms with Crippen molar-refractivity contribution < 1.29 is 4.39 Å². The van der Waals surface area contributed by atoms with Crippen LogP contribution in [0.15, 0.2) is 40.8 Å². The molecule has 0 bridgehead atoms. The Balaban J connectivity index is 2.14. The first kappa shape index (κ1) is 13.9. The van der Waals surface area contributed by atoms with Gasteiger partial charge in [-0.1, -0.05) is 31.5 Å². The van der Waals surface area contributed by atoms with Gasteiger partial charge in [0.15, 0.2) is 0 Å². The van der Waals surface area contributed by atoms with Crippen molar-refractivity contribution in [1.82, 2.24) is 9.55 Å². The maximum absolute atomic E-state index is 13.9. The molecule has 1 aromatic carbocycles. The molecule has 0 atom stereocenters. The number of benzene rings is 1. The molecule has 0 saturated carbocycles. The maximum atomic E-state index is 13.9. The quantitative estimate of drug-likeness (QED) is 0.728. The van der Waals surface area contributed by atoms with Gasteiger partial charge in [0.1, 0.15) is 10.5 Å². The summed E-state index contributed by atoms with van der Waals surface area (Å²) in [4.78, 5) is 16.8. The summed E-state index contributed by atoms with van der Waals surface area (Å²) in [6.45, 7) is 2.75. The van der Waals surface area contributed by atoms with Gasteiger partial charge >= 0.3 is 0 Å². The van der Waals surface area contributed by atoms with Crippen LogP contribution in [0.2, 0.25) is 0 Å². The molecular formula is C16H15FN2OS. The fraction of sp³-hybridized carbons (Fsp3) is 0.250. The second-order valence-electron chi connectivity index (χ2n) is 4.90. The predicted octanol–water partition coefficient (Wildman–Crippen LogP) is 4.06. The molecule has 5 heteroatoms. The van der Waals surface area contributed by atoms with E-state index in [1.165, 1.54) is 17.4 Å². The van der Waals surface area contributed by atoms with E-state index in [4.69, 9.17) is 0 Å². The van der Waals surface area contributed by atoms with Crippen molar-refractivity contribution in [1.29, 1.82) is 0 Å². The van der Waals surface area contributed by atoms with Crippen molar-refractivity contribution in [2.24, 2.45) is 0 Å². The third-order valence-corrected chi connectivity index (χ3v) is 4.42. The Hall–Kier alpha value is -2.01. The standard InChI is InChI=1S/C16H15FN2OS/c1-2-3-8-19-10-18-14-12(9-21-15(14)16(19)20)11-6-4-5-7-13(11)17/h4-7,9-10H,2-3,8H2,1H3. The molecule has 0 N–H and O–H groups in total. The molecule has 3 rings (SSSR count). The van der Waals surface area contributed by atoms with E-state index < -0.39 is 0 Å². The second kappa shape index (κ2) is 5.77. The van der Waals surface area contributed by atoms with Crippen molar-refractivity contribution in [2.75, 3.05) is 0 Å². The lowest BCUT2D eigenvalue weighted by Gasteiger charge is -2.04. The highest BCUT2D eigenvalue weighted by molar-refractivity contribution is 7.17. The highest BCUT2D eigenvalue weighted by Crippen LogP contribution is 2.32. The van der Waals surface area contributed by atoms with Crippen LogP contribution in [-0.2, 0) is 6.54 Å². The van der Waals surface area contributed by atoms with Gasteiger partial charge in [-0.25, -0.2) is 9.37 Å². The van der Waals surface area contributed by atoms with Crippen molar-refractivity contribution in [3.05, 3.63) is 52.1 Å². The van der Waals surface area contributed by atoms with E-state index in [2.05, 4.69) is 11.9 Å². The number of fused-ring (bicyclic) bond motifs is 1. The number of hydrogen-bond donors (Lipinski definition) is 0. The highest BCUT2D eigenvalue weighted by atomic mass is 32.1. The van der Waals surface area contributed by atoms with Crippen molar-refractivity contribution >= 4 is 21.6 Å². The van der Waals surface area contributed by atoms with E-state index in [0.717, 1.165) is 12.8 Å². The molecule has 0 unspecified atom stereocenters. The Kier molecular flexibility index (Phi) is 3.84. The summed E-state index contributed by atoms with van der Waals surface area (Å²) in [7, 11) is 0. The summed E-state index contributed by atoms with van der Waals surface area (Å²) in [6, 6.07) is 6.56. The van der Waals surface area contributed by atoms with Gasteiger partial charge in [-0.3, -0.25) is 9.36 Å². The lowest BCUT2D eigenvalue weighted by molar-refractivity contribution is 0.609. The predicted molar refractivity (Wildman–Crippen MR) is 84.2 cm³/mol. The van der Waals surface area contributed by atoms with Crippen LogP contribution in [0.4, 0.5) is 4.39 Å². The van der Waals surface area contributed by atoms with Crippen LogP contribution in [0.5, 0.6) is 0 Å². The molecule has 0 saturated heterocycles. The van der Waals surface area contributed by atoms with Gasteiger partial charge in [0, 0.05) is 23.1 Å². The van der Waals surface area contributed by atoms with Crippen LogP contribution in [-0.4, -0.2) is 9.55 Å². The zero-order valence-corrected chi connectivity index (χ0v) is 12.5. The maximum Gasteiger partial charge on any atom is 0.271 e. The number of thiophene rings is 1. The summed E-state index contributed by atoms with van der Waals surface area (Å²) >= 11 is 1.33. The summed E-state index contributed by atoms with van der Waals surface area (Å²) in [5.41, 5.74) is 1.72. The first-order chi connectivity index (χ1) is 10.2. The highest BCUT2D eigenvalue weighted by Gasteiger charge is 2.14. The Labute approximate surface area is 125 Å². The SMILES string of the molecule is CCCCn1cnc2c(-c3ccccc3F)csc2c1=O. The molecular weight excluding hydrogens is 287 g/mol. The molecule has 3 nitrogen and oxygen atoms in total. The first-order valence-corrected chi connectivity index (χ1v) is 7.82. The van der Waals surface area contributed by atoms with E-state index >= 15 is 0 Å². The molecule has 0 amide bonds. The van der Waals surface area contributed by atoms with E-state index in [9.17, 15) is 9.18 Å². The number of aromatic nitrogens is 2.